The Morgan fingerprint density at radius 2 is 1.81 bits per heavy atom. The lowest BCUT2D eigenvalue weighted by atomic mass is 10.3. The van der Waals surface area contributed by atoms with Crippen LogP contribution in [0.25, 0.3) is 0 Å². The quantitative estimate of drug-likeness (QED) is 0.403. The van der Waals surface area contributed by atoms with Crippen molar-refractivity contribution in [3.8, 4) is 0 Å². The molecule has 1 aromatic carbocycles. The summed E-state index contributed by atoms with van der Waals surface area (Å²) in [5, 5.41) is 2.57. The van der Waals surface area contributed by atoms with Gasteiger partial charge in [0, 0.05) is 5.69 Å². The number of hydrazine groups is 1. The third kappa shape index (κ3) is 2.94. The summed E-state index contributed by atoms with van der Waals surface area (Å²) in [6.07, 6.45) is 0. The summed E-state index contributed by atoms with van der Waals surface area (Å²) in [5.41, 5.74) is 3.27. The zero-order chi connectivity index (χ0) is 12.2. The Labute approximate surface area is 95.9 Å². The second-order valence-electron chi connectivity index (χ2n) is 3.68. The van der Waals surface area contributed by atoms with Gasteiger partial charge in [-0.3, -0.25) is 5.84 Å². The number of rotatable bonds is 5. The molecule has 90 valence electrons. The predicted octanol–water partition coefficient (Wildman–Crippen LogP) is 0.701. The third-order valence-electron chi connectivity index (χ3n) is 2.20. The molecule has 0 atom stereocenters. The molecule has 0 aliphatic heterocycles. The van der Waals surface area contributed by atoms with E-state index in [1.165, 1.54) is 0 Å². The standard InChI is InChI=1S/C10H17N3O2S/c1-8(2)16(14,15)10-5-3-9(4-6-10)12-7-13-11/h3-6,8,12-13H,7,11H2,1-2H3. The van der Waals surface area contributed by atoms with Gasteiger partial charge in [-0.1, -0.05) is 0 Å². The lowest BCUT2D eigenvalue weighted by Gasteiger charge is -2.09. The van der Waals surface area contributed by atoms with Crippen LogP contribution in [0.3, 0.4) is 0 Å². The van der Waals surface area contributed by atoms with Crippen LogP contribution in [0.5, 0.6) is 0 Å². The van der Waals surface area contributed by atoms with Gasteiger partial charge in [0.2, 0.25) is 0 Å². The summed E-state index contributed by atoms with van der Waals surface area (Å²) in [6.45, 7) is 3.76. The molecule has 1 aromatic rings. The lowest BCUT2D eigenvalue weighted by molar-refractivity contribution is 0.587. The van der Waals surface area contributed by atoms with Gasteiger partial charge in [0.15, 0.2) is 9.84 Å². The van der Waals surface area contributed by atoms with E-state index in [-0.39, 0.29) is 0 Å². The van der Waals surface area contributed by atoms with Gasteiger partial charge in [-0.05, 0) is 38.1 Å². The molecule has 0 spiro atoms. The normalized spacial score (nSPS) is 11.8. The van der Waals surface area contributed by atoms with E-state index in [4.69, 9.17) is 5.84 Å². The Morgan fingerprint density at radius 1 is 1.25 bits per heavy atom. The molecule has 0 aromatic heterocycles. The minimum atomic E-state index is -3.18. The average Bonchev–Trinajstić information content (AvgIpc) is 2.26. The number of anilines is 1. The number of nitrogens with one attached hydrogen (secondary N) is 2. The Hall–Kier alpha value is -1.11. The molecule has 5 nitrogen and oxygen atoms in total. The highest BCUT2D eigenvalue weighted by Gasteiger charge is 2.18. The van der Waals surface area contributed by atoms with E-state index in [1.807, 2.05) is 0 Å². The van der Waals surface area contributed by atoms with Gasteiger partial charge in [-0.25, -0.2) is 13.8 Å². The van der Waals surface area contributed by atoms with E-state index >= 15 is 0 Å². The Balaban J connectivity index is 2.87. The molecule has 1 rings (SSSR count). The maximum absolute atomic E-state index is 11.8. The van der Waals surface area contributed by atoms with Gasteiger partial charge in [0.05, 0.1) is 16.8 Å². The molecule has 0 bridgehead atoms. The highest BCUT2D eigenvalue weighted by Crippen LogP contribution is 2.18. The molecule has 0 aliphatic rings. The number of sulfone groups is 1. The summed E-state index contributed by atoms with van der Waals surface area (Å²) in [4.78, 5) is 0.341. The van der Waals surface area contributed by atoms with Crippen LogP contribution >= 0.6 is 0 Å². The molecule has 16 heavy (non-hydrogen) atoms. The lowest BCUT2D eigenvalue weighted by Crippen LogP contribution is -2.28. The molecule has 4 N–H and O–H groups in total. The fourth-order valence-electron chi connectivity index (χ4n) is 1.19. The Bertz CT molecular complexity index is 426. The van der Waals surface area contributed by atoms with Crippen LogP contribution in [0.1, 0.15) is 13.8 Å². The first kappa shape index (κ1) is 13.0. The Kier molecular flexibility index (Phi) is 4.28. The van der Waals surface area contributed by atoms with Crippen LogP contribution in [0.4, 0.5) is 5.69 Å². The van der Waals surface area contributed by atoms with Crippen LogP contribution in [-0.2, 0) is 9.84 Å². The number of nitrogens with two attached hydrogens (primary N) is 1. The van der Waals surface area contributed by atoms with Crippen molar-refractivity contribution in [1.29, 1.82) is 0 Å². The first-order chi connectivity index (χ1) is 7.48. The number of hydrogen-bond acceptors (Lipinski definition) is 5. The predicted molar refractivity (Wildman–Crippen MR) is 64.6 cm³/mol. The smallest absolute Gasteiger partial charge is 0.180 e. The van der Waals surface area contributed by atoms with Crippen molar-refractivity contribution in [2.24, 2.45) is 5.84 Å². The minimum absolute atomic E-state index is 0.341. The summed E-state index contributed by atoms with van der Waals surface area (Å²) in [7, 11) is -3.18. The summed E-state index contributed by atoms with van der Waals surface area (Å²) in [6, 6.07) is 6.61. The van der Waals surface area contributed by atoms with Gasteiger partial charge >= 0.3 is 0 Å². The van der Waals surface area contributed by atoms with Crippen LogP contribution in [0, 0.1) is 0 Å². The van der Waals surface area contributed by atoms with Crippen LogP contribution in [0.2, 0.25) is 0 Å². The molecular weight excluding hydrogens is 226 g/mol. The van der Waals surface area contributed by atoms with Crippen LogP contribution < -0.4 is 16.6 Å². The Morgan fingerprint density at radius 3 is 2.25 bits per heavy atom. The van der Waals surface area contributed by atoms with E-state index in [0.29, 0.717) is 11.6 Å². The minimum Gasteiger partial charge on any atom is -0.371 e. The van der Waals surface area contributed by atoms with Crippen molar-refractivity contribution in [3.63, 3.8) is 0 Å². The second kappa shape index (κ2) is 5.29. The van der Waals surface area contributed by atoms with E-state index in [9.17, 15) is 8.42 Å². The molecule has 0 saturated carbocycles. The van der Waals surface area contributed by atoms with Gasteiger partial charge in [-0.2, -0.15) is 0 Å². The fraction of sp³-hybridized carbons (Fsp3) is 0.400. The maximum atomic E-state index is 11.8. The molecule has 0 aliphatic carbocycles. The van der Waals surface area contributed by atoms with Gasteiger partial charge < -0.3 is 5.32 Å². The van der Waals surface area contributed by atoms with Crippen molar-refractivity contribution in [3.05, 3.63) is 24.3 Å². The topological polar surface area (TPSA) is 84.2 Å². The summed E-state index contributed by atoms with van der Waals surface area (Å²) >= 11 is 0. The summed E-state index contributed by atoms with van der Waals surface area (Å²) < 4.78 is 23.6. The van der Waals surface area contributed by atoms with Crippen molar-refractivity contribution in [2.45, 2.75) is 24.0 Å². The van der Waals surface area contributed by atoms with Crippen LogP contribution in [0.15, 0.2) is 29.2 Å². The molecule has 0 fully saturated rings. The first-order valence-electron chi connectivity index (χ1n) is 5.00. The number of hydrogen-bond donors (Lipinski definition) is 3. The van der Waals surface area contributed by atoms with Crippen molar-refractivity contribution < 1.29 is 8.42 Å². The zero-order valence-corrected chi connectivity index (χ0v) is 10.2. The SMILES string of the molecule is CC(C)S(=O)(=O)c1ccc(NCNN)cc1. The van der Waals surface area contributed by atoms with Crippen LogP contribution in [-0.4, -0.2) is 20.3 Å². The summed E-state index contributed by atoms with van der Waals surface area (Å²) in [5.74, 6) is 5.11. The molecule has 0 radical (unpaired) electrons. The zero-order valence-electron chi connectivity index (χ0n) is 9.40. The fourth-order valence-corrected chi connectivity index (χ4v) is 2.25. The largest absolute Gasteiger partial charge is 0.371 e. The molecule has 0 saturated heterocycles. The highest BCUT2D eigenvalue weighted by molar-refractivity contribution is 7.92. The van der Waals surface area contributed by atoms with Gasteiger partial charge in [0.1, 0.15) is 0 Å². The molecular formula is C10H17N3O2S. The third-order valence-corrected chi connectivity index (χ3v) is 4.37. The van der Waals surface area contributed by atoms with E-state index < -0.39 is 15.1 Å². The maximum Gasteiger partial charge on any atom is 0.180 e. The molecule has 0 amide bonds. The number of benzene rings is 1. The first-order valence-corrected chi connectivity index (χ1v) is 6.54. The van der Waals surface area contributed by atoms with Crippen molar-refractivity contribution in [1.82, 2.24) is 5.43 Å². The van der Waals surface area contributed by atoms with Crippen molar-refractivity contribution in [2.75, 3.05) is 12.0 Å². The highest BCUT2D eigenvalue weighted by atomic mass is 32.2. The van der Waals surface area contributed by atoms with Gasteiger partial charge in [-0.15, -0.1) is 0 Å². The van der Waals surface area contributed by atoms with E-state index in [2.05, 4.69) is 10.7 Å². The average molecular weight is 243 g/mol. The molecule has 0 unspecified atom stereocenters. The van der Waals surface area contributed by atoms with E-state index in [0.717, 1.165) is 5.69 Å². The second-order valence-corrected chi connectivity index (χ2v) is 6.18. The molecule has 0 heterocycles. The monoisotopic (exact) mass is 243 g/mol. The van der Waals surface area contributed by atoms with E-state index in [1.54, 1.807) is 38.1 Å². The van der Waals surface area contributed by atoms with Gasteiger partial charge in [0.25, 0.3) is 0 Å². The van der Waals surface area contributed by atoms with Crippen molar-refractivity contribution >= 4 is 15.5 Å². The molecule has 6 heteroatoms.